The molecule has 1 heterocycles. The van der Waals surface area contributed by atoms with Crippen molar-refractivity contribution in [3.63, 3.8) is 0 Å². The number of anilines is 1. The molecule has 0 fully saturated rings. The number of nitrogens with one attached hydrogen (secondary N) is 1. The number of benzene rings is 3. The second-order valence-electron chi connectivity index (χ2n) is 6.79. The first-order valence-electron chi connectivity index (χ1n) is 8.79. The normalized spacial score (nSPS) is 15.7. The molecule has 138 valence electrons. The number of hydrogen-bond donors (Lipinski definition) is 1. The fourth-order valence-electron chi connectivity index (χ4n) is 3.70. The molecular formula is C21H20N2O3S. The zero-order valence-electron chi connectivity index (χ0n) is 15.1. The minimum Gasteiger partial charge on any atom is -0.348 e. The molecule has 1 unspecified atom stereocenters. The lowest BCUT2D eigenvalue weighted by molar-refractivity contribution is -0.120. The highest BCUT2D eigenvalue weighted by Gasteiger charge is 2.36. The standard InChI is InChI=1S/C21H20N2O3S/c1-14-7-3-4-10-17(14)15(2)22-20(24)13-23-18-11-5-8-16-9-6-12-19(21(16)18)27(23,25)26/h3-12,15H,13H2,1-2H3,(H,22,24). The maximum atomic E-state index is 13.0. The van der Waals surface area contributed by atoms with Crippen LogP contribution in [0.3, 0.4) is 0 Å². The van der Waals surface area contributed by atoms with E-state index in [1.807, 2.05) is 56.3 Å². The maximum absolute atomic E-state index is 13.0. The summed E-state index contributed by atoms with van der Waals surface area (Å²) in [4.78, 5) is 12.9. The summed E-state index contributed by atoms with van der Waals surface area (Å²) >= 11 is 0. The fraction of sp³-hybridized carbons (Fsp3) is 0.190. The van der Waals surface area contributed by atoms with E-state index in [2.05, 4.69) is 5.32 Å². The topological polar surface area (TPSA) is 66.5 Å². The molecule has 0 aliphatic carbocycles. The van der Waals surface area contributed by atoms with Crippen molar-refractivity contribution in [1.29, 1.82) is 0 Å². The van der Waals surface area contributed by atoms with E-state index >= 15 is 0 Å². The predicted octanol–water partition coefficient (Wildman–Crippen LogP) is 3.53. The summed E-state index contributed by atoms with van der Waals surface area (Å²) in [5.74, 6) is -0.334. The third-order valence-corrected chi connectivity index (χ3v) is 6.80. The molecule has 0 aromatic heterocycles. The van der Waals surface area contributed by atoms with E-state index in [4.69, 9.17) is 0 Å². The molecule has 0 spiro atoms. The smallest absolute Gasteiger partial charge is 0.265 e. The molecule has 1 atom stereocenters. The molecule has 0 radical (unpaired) electrons. The van der Waals surface area contributed by atoms with Crippen LogP contribution in [0.2, 0.25) is 0 Å². The predicted molar refractivity (Wildman–Crippen MR) is 106 cm³/mol. The van der Waals surface area contributed by atoms with Crippen LogP contribution < -0.4 is 9.62 Å². The molecule has 1 amide bonds. The van der Waals surface area contributed by atoms with E-state index in [-0.39, 0.29) is 23.4 Å². The Morgan fingerprint density at radius 1 is 1.04 bits per heavy atom. The summed E-state index contributed by atoms with van der Waals surface area (Å²) in [6, 6.07) is 18.2. The van der Waals surface area contributed by atoms with E-state index in [0.717, 1.165) is 16.5 Å². The summed E-state index contributed by atoms with van der Waals surface area (Å²) in [5.41, 5.74) is 2.65. The van der Waals surface area contributed by atoms with Crippen LogP contribution in [0, 0.1) is 6.92 Å². The first-order valence-corrected chi connectivity index (χ1v) is 10.2. The molecule has 0 saturated carbocycles. The van der Waals surface area contributed by atoms with Gasteiger partial charge in [-0.2, -0.15) is 0 Å². The SMILES string of the molecule is Cc1ccccc1C(C)NC(=O)CN1c2cccc3cccc(c23)S1(=O)=O. The number of amides is 1. The average Bonchev–Trinajstić information content (AvgIpc) is 2.85. The van der Waals surface area contributed by atoms with Gasteiger partial charge in [-0.1, -0.05) is 48.5 Å². The molecule has 1 N–H and O–H groups in total. The zero-order chi connectivity index (χ0) is 19.2. The van der Waals surface area contributed by atoms with Gasteiger partial charge in [0.25, 0.3) is 10.0 Å². The third-order valence-electron chi connectivity index (χ3n) is 5.00. The number of sulfonamides is 1. The highest BCUT2D eigenvalue weighted by atomic mass is 32.2. The van der Waals surface area contributed by atoms with Gasteiger partial charge < -0.3 is 5.32 Å². The van der Waals surface area contributed by atoms with Gasteiger partial charge in [0.2, 0.25) is 5.91 Å². The Balaban J connectivity index is 1.61. The Bertz CT molecular complexity index is 1150. The Morgan fingerprint density at radius 2 is 1.74 bits per heavy atom. The van der Waals surface area contributed by atoms with E-state index in [1.165, 1.54) is 4.31 Å². The molecule has 3 aromatic rings. The lowest BCUT2D eigenvalue weighted by Gasteiger charge is -2.21. The van der Waals surface area contributed by atoms with Crippen LogP contribution in [0.1, 0.15) is 24.1 Å². The van der Waals surface area contributed by atoms with E-state index < -0.39 is 10.0 Å². The molecule has 0 saturated heterocycles. The lowest BCUT2D eigenvalue weighted by Crippen LogP contribution is -2.40. The average molecular weight is 380 g/mol. The number of rotatable bonds is 4. The molecule has 6 heteroatoms. The number of carbonyl (C=O) groups is 1. The Hall–Kier alpha value is -2.86. The monoisotopic (exact) mass is 380 g/mol. The summed E-state index contributed by atoms with van der Waals surface area (Å²) < 4.78 is 27.1. The summed E-state index contributed by atoms with van der Waals surface area (Å²) in [6.07, 6.45) is 0. The van der Waals surface area contributed by atoms with Gasteiger partial charge in [0.1, 0.15) is 6.54 Å². The van der Waals surface area contributed by atoms with Crippen molar-refractivity contribution in [1.82, 2.24) is 5.32 Å². The van der Waals surface area contributed by atoms with Crippen LogP contribution in [0.15, 0.2) is 65.6 Å². The summed E-state index contributed by atoms with van der Waals surface area (Å²) in [6.45, 7) is 3.64. The van der Waals surface area contributed by atoms with Crippen molar-refractivity contribution in [2.75, 3.05) is 10.8 Å². The Kier molecular flexibility index (Phi) is 4.15. The van der Waals surface area contributed by atoms with Gasteiger partial charge in [-0.05, 0) is 42.5 Å². The van der Waals surface area contributed by atoms with Crippen molar-refractivity contribution in [2.45, 2.75) is 24.8 Å². The second kappa shape index (κ2) is 6.39. The first-order chi connectivity index (χ1) is 12.9. The molecule has 1 aliphatic heterocycles. The second-order valence-corrected chi connectivity index (χ2v) is 8.62. The van der Waals surface area contributed by atoms with E-state index in [9.17, 15) is 13.2 Å². The molecule has 0 bridgehead atoms. The van der Waals surface area contributed by atoms with Crippen LogP contribution in [0.5, 0.6) is 0 Å². The molecule has 1 aliphatic rings. The fourth-order valence-corrected chi connectivity index (χ4v) is 5.36. The van der Waals surface area contributed by atoms with Crippen molar-refractivity contribution < 1.29 is 13.2 Å². The number of carbonyl (C=O) groups excluding carboxylic acids is 1. The van der Waals surface area contributed by atoms with Crippen molar-refractivity contribution in [3.8, 4) is 0 Å². The van der Waals surface area contributed by atoms with Crippen molar-refractivity contribution in [2.24, 2.45) is 0 Å². The number of aryl methyl sites for hydroxylation is 1. The van der Waals surface area contributed by atoms with Gasteiger partial charge in [0.15, 0.2) is 0 Å². The van der Waals surface area contributed by atoms with Gasteiger partial charge >= 0.3 is 0 Å². The molecule has 4 rings (SSSR count). The number of hydrogen-bond acceptors (Lipinski definition) is 3. The summed E-state index contributed by atoms with van der Waals surface area (Å²) in [5, 5.41) is 4.45. The minimum absolute atomic E-state index is 0.206. The third kappa shape index (κ3) is 2.86. The largest absolute Gasteiger partial charge is 0.348 e. The van der Waals surface area contributed by atoms with E-state index in [1.54, 1.807) is 18.2 Å². The zero-order valence-corrected chi connectivity index (χ0v) is 16.0. The molecular weight excluding hydrogens is 360 g/mol. The Morgan fingerprint density at radius 3 is 2.48 bits per heavy atom. The maximum Gasteiger partial charge on any atom is 0.265 e. The van der Waals surface area contributed by atoms with Crippen LogP contribution in [-0.2, 0) is 14.8 Å². The van der Waals surface area contributed by atoms with Gasteiger partial charge in [-0.25, -0.2) is 8.42 Å². The van der Waals surface area contributed by atoms with Crippen LogP contribution in [-0.4, -0.2) is 20.9 Å². The molecule has 3 aromatic carbocycles. The summed E-state index contributed by atoms with van der Waals surface area (Å²) in [7, 11) is -3.73. The lowest BCUT2D eigenvalue weighted by atomic mass is 10.0. The van der Waals surface area contributed by atoms with Gasteiger partial charge in [-0.15, -0.1) is 0 Å². The highest BCUT2D eigenvalue weighted by Crippen LogP contribution is 2.41. The Labute approximate surface area is 158 Å². The first kappa shape index (κ1) is 17.5. The molecule has 5 nitrogen and oxygen atoms in total. The quantitative estimate of drug-likeness (QED) is 0.753. The van der Waals surface area contributed by atoms with Crippen LogP contribution in [0.4, 0.5) is 5.69 Å². The number of nitrogens with zero attached hydrogens (tertiary/aromatic N) is 1. The molecule has 27 heavy (non-hydrogen) atoms. The van der Waals surface area contributed by atoms with Gasteiger partial charge in [0, 0.05) is 5.39 Å². The minimum atomic E-state index is -3.73. The van der Waals surface area contributed by atoms with Crippen molar-refractivity contribution in [3.05, 3.63) is 71.8 Å². The van der Waals surface area contributed by atoms with Gasteiger partial charge in [0.05, 0.1) is 16.6 Å². The van der Waals surface area contributed by atoms with E-state index in [0.29, 0.717) is 11.1 Å². The van der Waals surface area contributed by atoms with Crippen LogP contribution >= 0.6 is 0 Å². The van der Waals surface area contributed by atoms with Crippen LogP contribution in [0.25, 0.3) is 10.8 Å². The van der Waals surface area contributed by atoms with Gasteiger partial charge in [-0.3, -0.25) is 9.10 Å². The van der Waals surface area contributed by atoms with Crippen molar-refractivity contribution >= 4 is 32.4 Å². The highest BCUT2D eigenvalue weighted by molar-refractivity contribution is 7.93.